The van der Waals surface area contributed by atoms with Crippen LogP contribution in [0.3, 0.4) is 0 Å². The highest BCUT2D eigenvalue weighted by Gasteiger charge is 2.62. The van der Waals surface area contributed by atoms with E-state index in [2.05, 4.69) is 53.2 Å². The van der Waals surface area contributed by atoms with Crippen LogP contribution in [-0.4, -0.2) is 42.1 Å². The molecule has 1 aromatic heterocycles. The Balaban J connectivity index is 1.83. The number of carbonyl (C=O) groups excluding carboxylic acids is 1. The van der Waals surface area contributed by atoms with E-state index in [1.54, 1.807) is 0 Å². The minimum Gasteiger partial charge on any atom is -0.468 e. The third kappa shape index (κ3) is 1.78. The Morgan fingerprint density at radius 1 is 1.40 bits per heavy atom. The van der Waals surface area contributed by atoms with E-state index in [9.17, 15) is 4.79 Å². The van der Waals surface area contributed by atoms with E-state index in [0.717, 1.165) is 43.6 Å². The van der Waals surface area contributed by atoms with Crippen molar-refractivity contribution in [3.05, 3.63) is 47.7 Å². The van der Waals surface area contributed by atoms with Gasteiger partial charge in [-0.3, -0.25) is 9.69 Å². The minimum atomic E-state index is -0.622. The highest BCUT2D eigenvalue weighted by atomic mass is 16.5. The number of nitrogens with zero attached hydrogens (tertiary/aromatic N) is 1. The smallest absolute Gasteiger partial charge is 0.319 e. The average molecular weight is 336 g/mol. The molecule has 4 heteroatoms. The molecule has 2 aromatic rings. The van der Waals surface area contributed by atoms with Crippen LogP contribution in [0.5, 0.6) is 0 Å². The summed E-state index contributed by atoms with van der Waals surface area (Å²) in [4.78, 5) is 19.4. The SMILES string of the molecule is CC[C@]12C=C[C@H]3N(CCc4c([nH]c5ccccc45)[C@@]3(C(=O)OC)C1)C2. The maximum Gasteiger partial charge on any atom is 0.319 e. The number of methoxy groups -OCH3 is 1. The normalized spacial score (nSPS) is 35.4. The largest absolute Gasteiger partial charge is 0.468 e. The Morgan fingerprint density at radius 2 is 2.24 bits per heavy atom. The second kappa shape index (κ2) is 4.98. The molecule has 4 heterocycles. The number of rotatable bonds is 2. The maximum absolute atomic E-state index is 13.2. The van der Waals surface area contributed by atoms with Gasteiger partial charge in [-0.2, -0.15) is 0 Å². The standard InChI is InChI=1S/C21H24N2O2/c1-3-20-10-8-17-21(12-20,19(24)25-2)18-15(9-11-23(17)13-20)14-6-4-5-7-16(14)22-18/h4-8,10,17,22H,3,9,11-13H2,1-2H3/t17-,20+,21-/m1/s1. The Hall–Kier alpha value is -2.07. The Bertz CT molecular complexity index is 898. The van der Waals surface area contributed by atoms with Gasteiger partial charge in [0.25, 0.3) is 0 Å². The molecule has 0 saturated carbocycles. The predicted octanol–water partition coefficient (Wildman–Crippen LogP) is 3.18. The summed E-state index contributed by atoms with van der Waals surface area (Å²) in [6.45, 7) is 4.27. The number of H-pyrrole nitrogens is 1. The summed E-state index contributed by atoms with van der Waals surface area (Å²) >= 11 is 0. The van der Waals surface area contributed by atoms with Gasteiger partial charge < -0.3 is 9.72 Å². The van der Waals surface area contributed by atoms with E-state index >= 15 is 0 Å². The van der Waals surface area contributed by atoms with Gasteiger partial charge in [-0.1, -0.05) is 37.3 Å². The number of esters is 1. The first-order valence-electron chi connectivity index (χ1n) is 9.25. The predicted molar refractivity (Wildman–Crippen MR) is 97.5 cm³/mol. The lowest BCUT2D eigenvalue weighted by Gasteiger charge is -2.56. The number of benzene rings is 1. The molecule has 4 bridgehead atoms. The van der Waals surface area contributed by atoms with Gasteiger partial charge in [0, 0.05) is 41.1 Å². The molecule has 25 heavy (non-hydrogen) atoms. The molecule has 1 saturated heterocycles. The van der Waals surface area contributed by atoms with Crippen molar-refractivity contribution in [3.63, 3.8) is 0 Å². The van der Waals surface area contributed by atoms with Gasteiger partial charge in [-0.05, 0) is 30.9 Å². The first kappa shape index (κ1) is 15.2. The lowest BCUT2D eigenvalue weighted by molar-refractivity contribution is -0.156. The number of piperidine rings is 1. The van der Waals surface area contributed by atoms with E-state index < -0.39 is 5.41 Å². The number of aromatic nitrogens is 1. The molecule has 1 aliphatic carbocycles. The summed E-state index contributed by atoms with van der Waals surface area (Å²) in [5, 5.41) is 1.25. The summed E-state index contributed by atoms with van der Waals surface area (Å²) in [7, 11) is 1.53. The van der Waals surface area contributed by atoms with Gasteiger partial charge in [-0.25, -0.2) is 0 Å². The Kier molecular flexibility index (Phi) is 3.03. The van der Waals surface area contributed by atoms with Crippen molar-refractivity contribution in [2.45, 2.75) is 37.6 Å². The van der Waals surface area contributed by atoms with Crippen molar-refractivity contribution < 1.29 is 9.53 Å². The monoisotopic (exact) mass is 336 g/mol. The zero-order chi connectivity index (χ0) is 17.2. The summed E-state index contributed by atoms with van der Waals surface area (Å²) in [5.74, 6) is -0.0981. The van der Waals surface area contributed by atoms with Crippen LogP contribution in [-0.2, 0) is 21.4 Å². The van der Waals surface area contributed by atoms with E-state index in [4.69, 9.17) is 4.74 Å². The topological polar surface area (TPSA) is 45.3 Å². The zero-order valence-corrected chi connectivity index (χ0v) is 14.8. The maximum atomic E-state index is 13.2. The molecule has 4 atom stereocenters. The molecule has 1 unspecified atom stereocenters. The molecule has 1 fully saturated rings. The van der Waals surface area contributed by atoms with Crippen LogP contribution in [0, 0.1) is 5.41 Å². The van der Waals surface area contributed by atoms with Gasteiger partial charge in [0.1, 0.15) is 5.41 Å². The van der Waals surface area contributed by atoms with Crippen LogP contribution in [0.2, 0.25) is 0 Å². The molecule has 0 amide bonds. The summed E-state index contributed by atoms with van der Waals surface area (Å²) in [6.07, 6.45) is 7.49. The molecule has 0 radical (unpaired) electrons. The van der Waals surface area contributed by atoms with Gasteiger partial charge in [0.15, 0.2) is 0 Å². The summed E-state index contributed by atoms with van der Waals surface area (Å²) < 4.78 is 5.40. The number of hydrogen-bond acceptors (Lipinski definition) is 3. The summed E-state index contributed by atoms with van der Waals surface area (Å²) in [6, 6.07) is 8.50. The first-order valence-corrected chi connectivity index (χ1v) is 9.25. The molecule has 1 N–H and O–H groups in total. The van der Waals surface area contributed by atoms with E-state index in [1.807, 2.05) is 0 Å². The lowest BCUT2D eigenvalue weighted by atomic mass is 9.57. The number of para-hydroxylation sites is 1. The van der Waals surface area contributed by atoms with E-state index in [0.29, 0.717) is 0 Å². The molecule has 1 aromatic carbocycles. The zero-order valence-electron chi connectivity index (χ0n) is 14.8. The van der Waals surface area contributed by atoms with Crippen molar-refractivity contribution in [2.24, 2.45) is 5.41 Å². The van der Waals surface area contributed by atoms with Crippen LogP contribution in [0.15, 0.2) is 36.4 Å². The molecule has 6 rings (SSSR count). The highest BCUT2D eigenvalue weighted by Crippen LogP contribution is 2.55. The number of ether oxygens (including phenoxy) is 1. The van der Waals surface area contributed by atoms with Crippen molar-refractivity contribution in [1.29, 1.82) is 0 Å². The number of nitrogens with one attached hydrogen (secondary N) is 1. The first-order chi connectivity index (χ1) is 12.1. The van der Waals surface area contributed by atoms with Crippen LogP contribution in [0.1, 0.15) is 31.0 Å². The number of hydrogen-bond donors (Lipinski definition) is 1. The molecule has 4 aliphatic rings. The fourth-order valence-electron chi connectivity index (χ4n) is 5.61. The Labute approximate surface area is 147 Å². The number of aromatic amines is 1. The molecule has 3 aliphatic heterocycles. The van der Waals surface area contributed by atoms with Crippen LogP contribution < -0.4 is 0 Å². The highest BCUT2D eigenvalue weighted by molar-refractivity contribution is 5.92. The van der Waals surface area contributed by atoms with Gasteiger partial charge in [0.05, 0.1) is 7.11 Å². The lowest BCUT2D eigenvalue weighted by Crippen LogP contribution is -2.65. The molecule has 130 valence electrons. The van der Waals surface area contributed by atoms with Crippen LogP contribution >= 0.6 is 0 Å². The second-order valence-corrected chi connectivity index (χ2v) is 7.90. The molecular weight excluding hydrogens is 312 g/mol. The van der Waals surface area contributed by atoms with Gasteiger partial charge in [0.2, 0.25) is 0 Å². The van der Waals surface area contributed by atoms with Crippen molar-refractivity contribution in [1.82, 2.24) is 9.88 Å². The van der Waals surface area contributed by atoms with Crippen LogP contribution in [0.4, 0.5) is 0 Å². The molecule has 4 nitrogen and oxygen atoms in total. The number of carbonyl (C=O) groups is 1. The summed E-state index contributed by atoms with van der Waals surface area (Å²) in [5.41, 5.74) is 2.95. The van der Waals surface area contributed by atoms with E-state index in [-0.39, 0.29) is 17.4 Å². The van der Waals surface area contributed by atoms with Gasteiger partial charge >= 0.3 is 5.97 Å². The fraction of sp³-hybridized carbons (Fsp3) is 0.476. The molecular formula is C21H24N2O2. The fourth-order valence-corrected chi connectivity index (χ4v) is 5.61. The van der Waals surface area contributed by atoms with E-state index in [1.165, 1.54) is 18.1 Å². The third-order valence-corrected chi connectivity index (χ3v) is 6.84. The number of fused-ring (bicyclic) bond motifs is 3. The Morgan fingerprint density at radius 3 is 3.04 bits per heavy atom. The third-order valence-electron chi connectivity index (χ3n) is 6.84. The van der Waals surface area contributed by atoms with Crippen molar-refractivity contribution in [3.8, 4) is 0 Å². The average Bonchev–Trinajstić information content (AvgIpc) is 3.00. The van der Waals surface area contributed by atoms with Crippen molar-refractivity contribution in [2.75, 3.05) is 20.2 Å². The second-order valence-electron chi connectivity index (χ2n) is 7.90. The minimum absolute atomic E-state index is 0.0574. The van der Waals surface area contributed by atoms with Crippen LogP contribution in [0.25, 0.3) is 10.9 Å². The quantitative estimate of drug-likeness (QED) is 0.677. The van der Waals surface area contributed by atoms with Crippen molar-refractivity contribution >= 4 is 16.9 Å². The van der Waals surface area contributed by atoms with Gasteiger partial charge in [-0.15, -0.1) is 0 Å². The molecule has 0 spiro atoms.